The minimum atomic E-state index is -0.215. The number of anilines is 1. The Kier molecular flexibility index (Phi) is 5.60. The second-order valence-electron chi connectivity index (χ2n) is 4.71. The summed E-state index contributed by atoms with van der Waals surface area (Å²) in [6.07, 6.45) is 0. The number of rotatable bonds is 7. The number of nitrogens with one attached hydrogen (secondary N) is 1. The molecule has 0 radical (unpaired) electrons. The highest BCUT2D eigenvalue weighted by Gasteiger charge is 2.15. The number of ether oxygens (including phenoxy) is 2. The zero-order valence-electron chi connectivity index (χ0n) is 12.4. The fraction of sp³-hybridized carbons (Fsp3) is 0.294. The first-order valence-corrected chi connectivity index (χ1v) is 6.87. The van der Waals surface area contributed by atoms with Crippen LogP contribution < -0.4 is 10.1 Å². The summed E-state index contributed by atoms with van der Waals surface area (Å²) in [7, 11) is 3.30. The second kappa shape index (κ2) is 7.67. The van der Waals surface area contributed by atoms with Crippen LogP contribution in [-0.2, 0) is 11.3 Å². The van der Waals surface area contributed by atoms with Crippen molar-refractivity contribution in [3.8, 4) is 5.75 Å². The van der Waals surface area contributed by atoms with Gasteiger partial charge in [0.05, 0.1) is 32.1 Å². The number of aliphatic hydroxyl groups excluding tert-OH is 1. The molecule has 1 atom stereocenters. The number of benzene rings is 2. The molecule has 0 amide bonds. The summed E-state index contributed by atoms with van der Waals surface area (Å²) in [5.41, 5.74) is 2.93. The van der Waals surface area contributed by atoms with Crippen molar-refractivity contribution in [2.24, 2.45) is 0 Å². The lowest BCUT2D eigenvalue weighted by molar-refractivity contribution is 0.183. The van der Waals surface area contributed by atoms with E-state index >= 15 is 0 Å². The quantitative estimate of drug-likeness (QED) is 0.822. The number of hydrogen-bond donors (Lipinski definition) is 2. The minimum Gasteiger partial charge on any atom is -0.495 e. The van der Waals surface area contributed by atoms with Crippen LogP contribution in [0, 0.1) is 0 Å². The van der Waals surface area contributed by atoms with E-state index in [2.05, 4.69) is 5.32 Å². The first kappa shape index (κ1) is 15.4. The highest BCUT2D eigenvalue weighted by atomic mass is 16.5. The van der Waals surface area contributed by atoms with Gasteiger partial charge in [0, 0.05) is 7.11 Å². The molecule has 0 heterocycles. The maximum absolute atomic E-state index is 9.75. The van der Waals surface area contributed by atoms with Crippen LogP contribution >= 0.6 is 0 Å². The molecule has 0 aliphatic rings. The summed E-state index contributed by atoms with van der Waals surface area (Å²) in [6, 6.07) is 15.4. The normalized spacial score (nSPS) is 12.0. The molecule has 1 unspecified atom stereocenters. The van der Waals surface area contributed by atoms with Crippen molar-refractivity contribution >= 4 is 5.69 Å². The van der Waals surface area contributed by atoms with Crippen molar-refractivity contribution < 1.29 is 14.6 Å². The summed E-state index contributed by atoms with van der Waals surface area (Å²) in [5.74, 6) is 0.750. The third-order valence-electron chi connectivity index (χ3n) is 3.35. The van der Waals surface area contributed by atoms with Gasteiger partial charge in [-0.2, -0.15) is 0 Å². The van der Waals surface area contributed by atoms with Gasteiger partial charge < -0.3 is 19.9 Å². The predicted molar refractivity (Wildman–Crippen MR) is 83.6 cm³/mol. The van der Waals surface area contributed by atoms with Crippen LogP contribution in [0.5, 0.6) is 5.75 Å². The number of hydrogen-bond acceptors (Lipinski definition) is 4. The molecule has 112 valence electrons. The average Bonchev–Trinajstić information content (AvgIpc) is 2.54. The van der Waals surface area contributed by atoms with Crippen LogP contribution in [0.15, 0.2) is 48.5 Å². The van der Waals surface area contributed by atoms with Crippen molar-refractivity contribution in [3.05, 3.63) is 59.7 Å². The second-order valence-corrected chi connectivity index (χ2v) is 4.71. The molecular formula is C17H21NO3. The summed E-state index contributed by atoms with van der Waals surface area (Å²) < 4.78 is 10.6. The SMILES string of the molecule is COCc1ccccc1C(CO)Nc1ccccc1OC. The highest BCUT2D eigenvalue weighted by Crippen LogP contribution is 2.29. The molecule has 0 spiro atoms. The van der Waals surface area contributed by atoms with E-state index in [0.717, 1.165) is 22.6 Å². The number of para-hydroxylation sites is 2. The van der Waals surface area contributed by atoms with Crippen molar-refractivity contribution in [2.45, 2.75) is 12.6 Å². The van der Waals surface area contributed by atoms with E-state index in [9.17, 15) is 5.11 Å². The molecule has 0 aliphatic heterocycles. The lowest BCUT2D eigenvalue weighted by atomic mass is 10.0. The zero-order valence-corrected chi connectivity index (χ0v) is 12.4. The molecule has 0 saturated carbocycles. The Labute approximate surface area is 125 Å². The van der Waals surface area contributed by atoms with Crippen molar-refractivity contribution in [2.75, 3.05) is 26.1 Å². The molecule has 0 fully saturated rings. The lowest BCUT2D eigenvalue weighted by Gasteiger charge is -2.22. The first-order chi connectivity index (χ1) is 10.3. The van der Waals surface area contributed by atoms with E-state index in [1.807, 2.05) is 48.5 Å². The average molecular weight is 287 g/mol. The molecule has 2 N–H and O–H groups in total. The van der Waals surface area contributed by atoms with Gasteiger partial charge in [0.15, 0.2) is 0 Å². The van der Waals surface area contributed by atoms with E-state index < -0.39 is 0 Å². The van der Waals surface area contributed by atoms with Gasteiger partial charge in [-0.1, -0.05) is 36.4 Å². The molecule has 2 aromatic carbocycles. The molecule has 0 aromatic heterocycles. The van der Waals surface area contributed by atoms with Gasteiger partial charge in [0.25, 0.3) is 0 Å². The Morgan fingerprint density at radius 3 is 2.48 bits per heavy atom. The van der Waals surface area contributed by atoms with Crippen LogP contribution in [0.4, 0.5) is 5.69 Å². The fourth-order valence-electron chi connectivity index (χ4n) is 2.33. The molecule has 21 heavy (non-hydrogen) atoms. The Morgan fingerprint density at radius 2 is 1.76 bits per heavy atom. The Bertz CT molecular complexity index is 571. The van der Waals surface area contributed by atoms with Crippen LogP contribution in [0.2, 0.25) is 0 Å². The van der Waals surface area contributed by atoms with Gasteiger partial charge in [-0.05, 0) is 23.3 Å². The highest BCUT2D eigenvalue weighted by molar-refractivity contribution is 5.57. The third kappa shape index (κ3) is 3.74. The first-order valence-electron chi connectivity index (χ1n) is 6.87. The van der Waals surface area contributed by atoms with Crippen LogP contribution in [0.1, 0.15) is 17.2 Å². The predicted octanol–water partition coefficient (Wildman–Crippen LogP) is 2.99. The molecule has 0 saturated heterocycles. The van der Waals surface area contributed by atoms with Gasteiger partial charge >= 0.3 is 0 Å². The van der Waals surface area contributed by atoms with Gasteiger partial charge in [0.1, 0.15) is 5.75 Å². The maximum atomic E-state index is 9.75. The molecular weight excluding hydrogens is 266 g/mol. The van der Waals surface area contributed by atoms with E-state index in [4.69, 9.17) is 9.47 Å². The van der Waals surface area contributed by atoms with Crippen molar-refractivity contribution in [3.63, 3.8) is 0 Å². The molecule has 2 aromatic rings. The maximum Gasteiger partial charge on any atom is 0.141 e. The minimum absolute atomic E-state index is 0.0151. The van der Waals surface area contributed by atoms with Crippen LogP contribution in [0.25, 0.3) is 0 Å². The summed E-state index contributed by atoms with van der Waals surface area (Å²) >= 11 is 0. The van der Waals surface area contributed by atoms with E-state index in [-0.39, 0.29) is 12.6 Å². The van der Waals surface area contributed by atoms with Crippen LogP contribution in [-0.4, -0.2) is 25.9 Å². The standard InChI is InChI=1S/C17H21NO3/c1-20-12-13-7-3-4-8-14(13)16(11-19)18-15-9-5-6-10-17(15)21-2/h3-10,16,18-19H,11-12H2,1-2H3. The third-order valence-corrected chi connectivity index (χ3v) is 3.35. The lowest BCUT2D eigenvalue weighted by Crippen LogP contribution is -2.17. The Balaban J connectivity index is 2.28. The number of aliphatic hydroxyl groups is 1. The molecule has 4 nitrogen and oxygen atoms in total. The van der Waals surface area contributed by atoms with Crippen LogP contribution in [0.3, 0.4) is 0 Å². The summed E-state index contributed by atoms with van der Waals surface area (Å²) in [4.78, 5) is 0. The smallest absolute Gasteiger partial charge is 0.141 e. The molecule has 0 bridgehead atoms. The number of methoxy groups -OCH3 is 2. The summed E-state index contributed by atoms with van der Waals surface area (Å²) in [5, 5.41) is 13.1. The van der Waals surface area contributed by atoms with E-state index in [0.29, 0.717) is 6.61 Å². The Hall–Kier alpha value is -2.04. The van der Waals surface area contributed by atoms with Crippen molar-refractivity contribution in [1.82, 2.24) is 0 Å². The van der Waals surface area contributed by atoms with Gasteiger partial charge in [-0.25, -0.2) is 0 Å². The molecule has 0 aliphatic carbocycles. The fourth-order valence-corrected chi connectivity index (χ4v) is 2.33. The molecule has 2 rings (SSSR count). The summed E-state index contributed by atoms with van der Waals surface area (Å²) in [6.45, 7) is 0.499. The monoisotopic (exact) mass is 287 g/mol. The van der Waals surface area contributed by atoms with Gasteiger partial charge in [0.2, 0.25) is 0 Å². The van der Waals surface area contributed by atoms with Crippen molar-refractivity contribution in [1.29, 1.82) is 0 Å². The van der Waals surface area contributed by atoms with E-state index in [1.54, 1.807) is 14.2 Å². The topological polar surface area (TPSA) is 50.7 Å². The zero-order chi connectivity index (χ0) is 15.1. The molecule has 4 heteroatoms. The van der Waals surface area contributed by atoms with Gasteiger partial charge in [-0.15, -0.1) is 0 Å². The van der Waals surface area contributed by atoms with Gasteiger partial charge in [-0.3, -0.25) is 0 Å². The largest absolute Gasteiger partial charge is 0.495 e. The van der Waals surface area contributed by atoms with E-state index in [1.165, 1.54) is 0 Å². The Morgan fingerprint density at radius 1 is 1.05 bits per heavy atom.